The van der Waals surface area contributed by atoms with Crippen LogP contribution in [0.25, 0.3) is 11.0 Å². The van der Waals surface area contributed by atoms with Crippen LogP contribution in [0.15, 0.2) is 41.0 Å². The second-order valence-corrected chi connectivity index (χ2v) is 4.88. The number of ether oxygens (including phenoxy) is 1. The zero-order valence-electron chi connectivity index (χ0n) is 12.4. The van der Waals surface area contributed by atoms with Crippen molar-refractivity contribution in [2.24, 2.45) is 0 Å². The third kappa shape index (κ3) is 3.05. The number of nitrogens with one attached hydrogen (secondary N) is 1. The molecule has 1 heterocycles. The molecule has 2 aromatic carbocycles. The molecule has 0 amide bonds. The van der Waals surface area contributed by atoms with E-state index in [9.17, 15) is 10.1 Å². The Bertz CT molecular complexity index is 829. The lowest BCUT2D eigenvalue weighted by Crippen LogP contribution is -2.05. The summed E-state index contributed by atoms with van der Waals surface area (Å²) in [7, 11) is 1.63. The molecular formula is C15H14N4O4. The number of hydrogen-bond acceptors (Lipinski definition) is 7. The Morgan fingerprint density at radius 1 is 1.17 bits per heavy atom. The molecule has 0 radical (unpaired) electrons. The van der Waals surface area contributed by atoms with E-state index in [0.717, 1.165) is 17.7 Å². The van der Waals surface area contributed by atoms with E-state index < -0.39 is 4.92 Å². The number of rotatable bonds is 6. The summed E-state index contributed by atoms with van der Waals surface area (Å²) in [5.74, 6) is 0.812. The molecule has 0 saturated carbocycles. The van der Waals surface area contributed by atoms with Crippen molar-refractivity contribution in [2.75, 3.05) is 19.0 Å². The Kier molecular flexibility index (Phi) is 4.05. The number of nitro benzene ring substituents is 1. The molecule has 0 unspecified atom stereocenters. The predicted octanol–water partition coefficient (Wildman–Crippen LogP) is 2.79. The van der Waals surface area contributed by atoms with Gasteiger partial charge >= 0.3 is 5.69 Å². The van der Waals surface area contributed by atoms with Gasteiger partial charge in [-0.3, -0.25) is 10.1 Å². The minimum absolute atomic E-state index is 0.123. The van der Waals surface area contributed by atoms with Gasteiger partial charge in [-0.1, -0.05) is 12.1 Å². The number of fused-ring (bicyclic) bond motifs is 1. The van der Waals surface area contributed by atoms with Gasteiger partial charge in [-0.25, -0.2) is 4.63 Å². The summed E-state index contributed by atoms with van der Waals surface area (Å²) >= 11 is 0. The molecule has 0 aliphatic heterocycles. The van der Waals surface area contributed by atoms with E-state index in [0.29, 0.717) is 17.7 Å². The SMILES string of the molecule is COc1ccc(CCNc2ccc([N+](=O)[O-])c3nonc23)cc1. The summed E-state index contributed by atoms with van der Waals surface area (Å²) in [4.78, 5) is 10.4. The van der Waals surface area contributed by atoms with E-state index in [-0.39, 0.29) is 11.2 Å². The van der Waals surface area contributed by atoms with Crippen molar-refractivity contribution in [3.63, 3.8) is 0 Å². The van der Waals surface area contributed by atoms with Crippen LogP contribution in [0, 0.1) is 10.1 Å². The molecule has 23 heavy (non-hydrogen) atoms. The van der Waals surface area contributed by atoms with Crippen LogP contribution in [0.5, 0.6) is 5.75 Å². The average molecular weight is 314 g/mol. The normalized spacial score (nSPS) is 10.7. The van der Waals surface area contributed by atoms with E-state index >= 15 is 0 Å². The van der Waals surface area contributed by atoms with Gasteiger partial charge in [-0.15, -0.1) is 0 Å². The highest BCUT2D eigenvalue weighted by molar-refractivity contribution is 5.93. The number of aromatic nitrogens is 2. The highest BCUT2D eigenvalue weighted by Gasteiger charge is 2.19. The molecule has 0 fully saturated rings. The zero-order chi connectivity index (χ0) is 16.2. The smallest absolute Gasteiger partial charge is 0.300 e. The van der Waals surface area contributed by atoms with Gasteiger partial charge in [0, 0.05) is 12.6 Å². The molecular weight excluding hydrogens is 300 g/mol. The lowest BCUT2D eigenvalue weighted by molar-refractivity contribution is -0.383. The molecule has 0 aliphatic rings. The molecule has 0 aliphatic carbocycles. The molecule has 0 atom stereocenters. The van der Waals surface area contributed by atoms with Gasteiger partial charge in [0.15, 0.2) is 5.52 Å². The van der Waals surface area contributed by atoms with Crippen LogP contribution < -0.4 is 10.1 Å². The number of nitrogens with zero attached hydrogens (tertiary/aromatic N) is 3. The van der Waals surface area contributed by atoms with Gasteiger partial charge in [-0.05, 0) is 40.5 Å². The summed E-state index contributed by atoms with van der Waals surface area (Å²) in [6, 6.07) is 10.8. The van der Waals surface area contributed by atoms with Crippen LogP contribution >= 0.6 is 0 Å². The third-order valence-corrected chi connectivity index (χ3v) is 3.48. The van der Waals surface area contributed by atoms with Gasteiger partial charge in [0.2, 0.25) is 5.52 Å². The molecule has 3 aromatic rings. The van der Waals surface area contributed by atoms with E-state index in [1.165, 1.54) is 6.07 Å². The first kappa shape index (κ1) is 14.8. The molecule has 8 nitrogen and oxygen atoms in total. The van der Waals surface area contributed by atoms with E-state index in [4.69, 9.17) is 4.74 Å². The van der Waals surface area contributed by atoms with Crippen LogP contribution in [0.4, 0.5) is 11.4 Å². The third-order valence-electron chi connectivity index (χ3n) is 3.48. The maximum absolute atomic E-state index is 10.9. The fourth-order valence-electron chi connectivity index (χ4n) is 2.28. The van der Waals surface area contributed by atoms with Crippen molar-refractivity contribution >= 4 is 22.4 Å². The number of anilines is 1. The van der Waals surface area contributed by atoms with Crippen molar-refractivity contribution in [3.8, 4) is 5.75 Å². The van der Waals surface area contributed by atoms with Gasteiger partial charge in [0.1, 0.15) is 5.75 Å². The van der Waals surface area contributed by atoms with Gasteiger partial charge in [-0.2, -0.15) is 0 Å². The predicted molar refractivity (Wildman–Crippen MR) is 83.6 cm³/mol. The molecule has 0 spiro atoms. The second kappa shape index (κ2) is 6.30. The number of non-ortho nitro benzene ring substituents is 1. The number of benzene rings is 2. The van der Waals surface area contributed by atoms with Crippen molar-refractivity contribution in [3.05, 3.63) is 52.1 Å². The van der Waals surface area contributed by atoms with E-state index in [1.54, 1.807) is 13.2 Å². The molecule has 8 heteroatoms. The molecule has 3 rings (SSSR count). The molecule has 1 N–H and O–H groups in total. The number of nitro groups is 1. The molecule has 1 aromatic heterocycles. The molecule has 118 valence electrons. The molecule has 0 saturated heterocycles. The van der Waals surface area contributed by atoms with Crippen LogP contribution in [0.2, 0.25) is 0 Å². The Morgan fingerprint density at radius 2 is 1.91 bits per heavy atom. The number of hydrogen-bond donors (Lipinski definition) is 1. The van der Waals surface area contributed by atoms with Crippen molar-refractivity contribution in [1.82, 2.24) is 10.3 Å². The van der Waals surface area contributed by atoms with Crippen LogP contribution in [0.1, 0.15) is 5.56 Å². The van der Waals surface area contributed by atoms with Gasteiger partial charge in [0.05, 0.1) is 17.7 Å². The summed E-state index contributed by atoms with van der Waals surface area (Å²) in [6.45, 7) is 0.645. The van der Waals surface area contributed by atoms with Gasteiger partial charge < -0.3 is 10.1 Å². The lowest BCUT2D eigenvalue weighted by atomic mass is 10.1. The van der Waals surface area contributed by atoms with E-state index in [1.807, 2.05) is 24.3 Å². The first-order valence-corrected chi connectivity index (χ1v) is 6.95. The van der Waals surface area contributed by atoms with E-state index in [2.05, 4.69) is 20.3 Å². The Labute approximate surface area is 131 Å². The Hall–Kier alpha value is -3.16. The highest BCUT2D eigenvalue weighted by Crippen LogP contribution is 2.28. The topological polar surface area (TPSA) is 103 Å². The number of methoxy groups -OCH3 is 1. The summed E-state index contributed by atoms with van der Waals surface area (Å²) in [6.07, 6.45) is 0.785. The van der Waals surface area contributed by atoms with Crippen LogP contribution in [-0.4, -0.2) is 28.9 Å². The Morgan fingerprint density at radius 3 is 2.61 bits per heavy atom. The van der Waals surface area contributed by atoms with Gasteiger partial charge in [0.25, 0.3) is 0 Å². The average Bonchev–Trinajstić information content (AvgIpc) is 3.05. The van der Waals surface area contributed by atoms with Crippen LogP contribution in [0.3, 0.4) is 0 Å². The fourth-order valence-corrected chi connectivity index (χ4v) is 2.28. The maximum atomic E-state index is 10.9. The quantitative estimate of drug-likeness (QED) is 0.551. The van der Waals surface area contributed by atoms with Crippen molar-refractivity contribution < 1.29 is 14.3 Å². The van der Waals surface area contributed by atoms with Crippen molar-refractivity contribution in [1.29, 1.82) is 0 Å². The second-order valence-electron chi connectivity index (χ2n) is 4.88. The Balaban J connectivity index is 1.71. The fraction of sp³-hybridized carbons (Fsp3) is 0.200. The highest BCUT2D eigenvalue weighted by atomic mass is 16.6. The standard InChI is InChI=1S/C15H14N4O4/c1-22-11-4-2-10(3-5-11)8-9-16-12-6-7-13(19(20)21)15-14(12)17-23-18-15/h2-7,16H,8-9H2,1H3. The summed E-state index contributed by atoms with van der Waals surface area (Å²) in [5.41, 5.74) is 2.18. The zero-order valence-corrected chi connectivity index (χ0v) is 12.4. The monoisotopic (exact) mass is 314 g/mol. The first-order chi connectivity index (χ1) is 11.2. The molecule has 0 bridgehead atoms. The lowest BCUT2D eigenvalue weighted by Gasteiger charge is -2.07. The minimum Gasteiger partial charge on any atom is -0.497 e. The largest absolute Gasteiger partial charge is 0.497 e. The minimum atomic E-state index is -0.506. The first-order valence-electron chi connectivity index (χ1n) is 6.95. The maximum Gasteiger partial charge on any atom is 0.300 e. The van der Waals surface area contributed by atoms with Crippen molar-refractivity contribution in [2.45, 2.75) is 6.42 Å². The van der Waals surface area contributed by atoms with Crippen LogP contribution in [-0.2, 0) is 6.42 Å². The summed E-state index contributed by atoms with van der Waals surface area (Å²) in [5, 5.41) is 21.5. The summed E-state index contributed by atoms with van der Waals surface area (Å²) < 4.78 is 9.74.